The molecule has 10 atom stereocenters. The van der Waals surface area contributed by atoms with Crippen LogP contribution in [0.3, 0.4) is 0 Å². The molecular formula is C26H32Cl2O12. The van der Waals surface area contributed by atoms with Gasteiger partial charge in [-0.3, -0.25) is 0 Å². The van der Waals surface area contributed by atoms with Gasteiger partial charge in [0.25, 0.3) is 0 Å². The molecule has 2 aliphatic rings. The summed E-state index contributed by atoms with van der Waals surface area (Å²) in [5.41, 5.74) is -2.83. The molecule has 40 heavy (non-hydrogen) atoms. The first-order chi connectivity index (χ1) is 18.7. The molecule has 222 valence electrons. The Bertz CT molecular complexity index is 1100. The van der Waals surface area contributed by atoms with Crippen molar-refractivity contribution in [3.63, 3.8) is 0 Å². The molecule has 14 heteroatoms. The summed E-state index contributed by atoms with van der Waals surface area (Å²) in [7, 11) is 0. The topological polar surface area (TPSA) is 199 Å². The number of benzene rings is 2. The maximum absolute atomic E-state index is 10.7. The third-order valence-corrected chi connectivity index (χ3v) is 7.77. The minimum Gasteiger partial charge on any atom is -0.460 e. The van der Waals surface area contributed by atoms with Crippen molar-refractivity contribution in [2.45, 2.75) is 74.3 Å². The van der Waals surface area contributed by atoms with Crippen LogP contribution in [-0.4, -0.2) is 114 Å². The summed E-state index contributed by atoms with van der Waals surface area (Å²) in [5.74, 6) is 0.191. The maximum Gasteiger partial charge on any atom is 0.231 e. The van der Waals surface area contributed by atoms with Crippen LogP contribution in [0.1, 0.15) is 13.8 Å². The van der Waals surface area contributed by atoms with Gasteiger partial charge in [-0.2, -0.15) is 0 Å². The van der Waals surface area contributed by atoms with Gasteiger partial charge in [-0.15, -0.1) is 0 Å². The number of aliphatic hydroxyl groups is 8. The lowest BCUT2D eigenvalue weighted by molar-refractivity contribution is -0.314. The van der Waals surface area contributed by atoms with Crippen LogP contribution in [0.2, 0.25) is 10.0 Å². The molecule has 0 radical (unpaired) electrons. The normalized spacial score (nSPS) is 38.2. The summed E-state index contributed by atoms with van der Waals surface area (Å²) in [6, 6.07) is 9.37. The van der Waals surface area contributed by atoms with Gasteiger partial charge in [-0.1, -0.05) is 35.3 Å². The number of ether oxygens (including phenoxy) is 4. The summed E-state index contributed by atoms with van der Waals surface area (Å²) >= 11 is 12.8. The molecular weight excluding hydrogens is 575 g/mol. The van der Waals surface area contributed by atoms with E-state index >= 15 is 0 Å². The van der Waals surface area contributed by atoms with Crippen LogP contribution >= 0.6 is 23.2 Å². The van der Waals surface area contributed by atoms with E-state index in [9.17, 15) is 40.9 Å². The Morgan fingerprint density at radius 1 is 0.700 bits per heavy atom. The van der Waals surface area contributed by atoms with Crippen molar-refractivity contribution in [2.24, 2.45) is 0 Å². The average Bonchev–Trinajstić information content (AvgIpc) is 2.91. The van der Waals surface area contributed by atoms with E-state index in [2.05, 4.69) is 0 Å². The summed E-state index contributed by atoms with van der Waals surface area (Å²) < 4.78 is 22.3. The van der Waals surface area contributed by atoms with E-state index < -0.39 is 73.6 Å². The molecule has 8 N–H and O–H groups in total. The second-order valence-corrected chi connectivity index (χ2v) is 11.0. The predicted molar refractivity (Wildman–Crippen MR) is 140 cm³/mol. The van der Waals surface area contributed by atoms with Crippen LogP contribution < -0.4 is 9.47 Å². The largest absolute Gasteiger partial charge is 0.460 e. The molecule has 0 spiro atoms. The quantitative estimate of drug-likeness (QED) is 0.207. The van der Waals surface area contributed by atoms with Gasteiger partial charge < -0.3 is 59.8 Å². The second kappa shape index (κ2) is 11.8. The number of rotatable bonds is 7. The van der Waals surface area contributed by atoms with E-state index in [4.69, 9.17) is 42.1 Å². The van der Waals surface area contributed by atoms with Gasteiger partial charge in [0.15, 0.2) is 11.2 Å². The Balaban J connectivity index is 1.51. The van der Waals surface area contributed by atoms with Crippen molar-refractivity contribution in [2.75, 3.05) is 13.2 Å². The Morgan fingerprint density at radius 3 is 1.35 bits per heavy atom. The minimum atomic E-state index is -2.02. The second-order valence-electron chi connectivity index (χ2n) is 10.2. The van der Waals surface area contributed by atoms with Crippen molar-refractivity contribution in [3.8, 4) is 22.6 Å². The van der Waals surface area contributed by atoms with Crippen molar-refractivity contribution >= 4 is 23.2 Å². The fraction of sp³-hybridized carbons (Fsp3) is 0.538. The molecule has 0 bridgehead atoms. The van der Waals surface area contributed by atoms with Gasteiger partial charge >= 0.3 is 0 Å². The monoisotopic (exact) mass is 606 g/mol. The van der Waals surface area contributed by atoms with Gasteiger partial charge in [0, 0.05) is 0 Å². The zero-order chi connectivity index (χ0) is 29.6. The molecule has 0 aromatic heterocycles. The number of aliphatic hydroxyl groups excluding tert-OH is 6. The lowest BCUT2D eigenvalue weighted by Crippen LogP contribution is -2.66. The lowest BCUT2D eigenvalue weighted by Gasteiger charge is -2.45. The molecule has 4 rings (SSSR count). The number of hydrogen-bond donors (Lipinski definition) is 8. The summed E-state index contributed by atoms with van der Waals surface area (Å²) in [5, 5.41) is 81.0. The summed E-state index contributed by atoms with van der Waals surface area (Å²) in [4.78, 5) is 0. The molecule has 0 unspecified atom stereocenters. The third-order valence-electron chi connectivity index (χ3n) is 7.18. The minimum absolute atomic E-state index is 0.0953. The van der Waals surface area contributed by atoms with E-state index in [0.717, 1.165) is 0 Å². The number of halogens is 2. The van der Waals surface area contributed by atoms with Crippen molar-refractivity contribution in [1.82, 2.24) is 0 Å². The van der Waals surface area contributed by atoms with Gasteiger partial charge in [-0.25, -0.2) is 0 Å². The lowest BCUT2D eigenvalue weighted by atomic mass is 9.88. The molecule has 0 amide bonds. The molecule has 2 fully saturated rings. The summed E-state index contributed by atoms with van der Waals surface area (Å²) in [6.45, 7) is 1.21. The highest BCUT2D eigenvalue weighted by atomic mass is 35.5. The zero-order valence-electron chi connectivity index (χ0n) is 21.5. The van der Waals surface area contributed by atoms with Crippen molar-refractivity contribution < 1.29 is 59.8 Å². The first-order valence-corrected chi connectivity index (χ1v) is 13.1. The maximum atomic E-state index is 10.7. The number of hydrogen-bond acceptors (Lipinski definition) is 12. The average molecular weight is 607 g/mol. The predicted octanol–water partition coefficient (Wildman–Crippen LogP) is -0.202. The molecule has 2 aromatic rings. The highest BCUT2D eigenvalue weighted by Crippen LogP contribution is 2.39. The fourth-order valence-corrected chi connectivity index (χ4v) is 4.96. The zero-order valence-corrected chi connectivity index (χ0v) is 23.0. The molecule has 2 heterocycles. The summed E-state index contributed by atoms with van der Waals surface area (Å²) in [6.07, 6.45) is -11.7. The fourth-order valence-electron chi connectivity index (χ4n) is 4.51. The Labute approximate surface area is 239 Å². The molecule has 2 aromatic carbocycles. The molecule has 12 nitrogen and oxygen atoms in total. The Kier molecular flexibility index (Phi) is 9.22. The first-order valence-electron chi connectivity index (χ1n) is 12.3. The Hall–Kier alpha value is -1.78. The molecule has 0 aliphatic carbocycles. The SMILES string of the molecule is C[C@@]1(O)[C@@H](Oc2ccc(-c3ccc(O[C@H]4O[C@H](CO)[C@@H](O)[C@H](O)[C@]4(C)O)c(Cl)c3)cc2Cl)O[C@H](CO)[C@@H](O)[C@@H]1O. The van der Waals surface area contributed by atoms with Crippen LogP contribution in [-0.2, 0) is 9.47 Å². The van der Waals surface area contributed by atoms with E-state index in [-0.39, 0.29) is 21.5 Å². The first kappa shape index (κ1) is 31.2. The highest BCUT2D eigenvalue weighted by Gasteiger charge is 2.54. The van der Waals surface area contributed by atoms with Crippen LogP contribution in [0, 0.1) is 0 Å². The van der Waals surface area contributed by atoms with Crippen LogP contribution in [0.15, 0.2) is 36.4 Å². The van der Waals surface area contributed by atoms with Crippen LogP contribution in [0.25, 0.3) is 11.1 Å². The molecule has 2 aliphatic heterocycles. The Morgan fingerprint density at radius 2 is 1.05 bits per heavy atom. The smallest absolute Gasteiger partial charge is 0.231 e. The standard InChI is InChI=1S/C26H32Cl2O12/c1-25(35)21(33)19(31)17(9-29)39-23(25)37-15-5-3-11(7-13(15)27)12-4-6-16(14(28)8-12)38-24-26(2,36)22(34)20(32)18(10-30)40-24/h3-8,17-24,29-36H,9-10H2,1-2H3/t17-,18-,19-,20-,21+,22+,23+,24+,25+,26+/m1/s1. The van der Waals surface area contributed by atoms with E-state index in [1.54, 1.807) is 24.3 Å². The van der Waals surface area contributed by atoms with Crippen molar-refractivity contribution in [1.29, 1.82) is 0 Å². The van der Waals surface area contributed by atoms with Gasteiger partial charge in [0.2, 0.25) is 12.6 Å². The van der Waals surface area contributed by atoms with Crippen LogP contribution in [0.5, 0.6) is 11.5 Å². The van der Waals surface area contributed by atoms with E-state index in [1.165, 1.54) is 26.0 Å². The van der Waals surface area contributed by atoms with E-state index in [1.807, 2.05) is 0 Å². The molecule has 2 saturated heterocycles. The van der Waals surface area contributed by atoms with E-state index in [0.29, 0.717) is 11.1 Å². The third kappa shape index (κ3) is 5.77. The molecule has 0 saturated carbocycles. The van der Waals surface area contributed by atoms with Gasteiger partial charge in [0.1, 0.15) is 48.1 Å². The highest BCUT2D eigenvalue weighted by molar-refractivity contribution is 6.33. The van der Waals surface area contributed by atoms with Gasteiger partial charge in [0.05, 0.1) is 23.3 Å². The van der Waals surface area contributed by atoms with Gasteiger partial charge in [-0.05, 0) is 49.2 Å². The van der Waals surface area contributed by atoms with Crippen LogP contribution in [0.4, 0.5) is 0 Å². The van der Waals surface area contributed by atoms with Crippen molar-refractivity contribution in [3.05, 3.63) is 46.4 Å².